The number of aromatic nitrogens is 2. The molecule has 8 aromatic carbocycles. The monoisotopic (exact) mass is 1460 g/mol. The summed E-state index contributed by atoms with van der Waals surface area (Å²) in [4.78, 5) is 179. The third kappa shape index (κ3) is 8.20. The van der Waals surface area contributed by atoms with E-state index >= 15 is 28.3 Å². The Morgan fingerprint density at radius 1 is 0.231 bits per heavy atom. The van der Waals surface area contributed by atoms with E-state index < -0.39 is 83.9 Å². The van der Waals surface area contributed by atoms with Crippen molar-refractivity contribution in [3.63, 3.8) is 0 Å². The number of hydrogen-bond donors (Lipinski definition) is 0. The molecule has 2 aromatic heterocycles. The minimum Gasteiger partial charge on any atom is -0.309 e. The van der Waals surface area contributed by atoms with E-state index in [2.05, 4.69) is 0 Å². The van der Waals surface area contributed by atoms with Crippen LogP contribution >= 0.6 is 14.3 Å². The van der Waals surface area contributed by atoms with Crippen LogP contribution in [0.3, 0.4) is 0 Å². The van der Waals surface area contributed by atoms with E-state index in [9.17, 15) is 38.4 Å². The summed E-state index contributed by atoms with van der Waals surface area (Å²) in [5.74, 6) is -7.58. The van der Waals surface area contributed by atoms with Crippen molar-refractivity contribution in [2.45, 2.75) is 25.7 Å². The Labute approximate surface area is 613 Å². The van der Waals surface area contributed by atoms with Crippen LogP contribution in [0.1, 0.15) is 25.7 Å². The first-order valence-electron chi connectivity index (χ1n) is 36.7. The fourth-order valence-corrected chi connectivity index (χ4v) is 27.1. The molecule has 10 aromatic rings. The zero-order chi connectivity index (χ0) is 73.3. The second-order valence-corrected chi connectivity index (χ2v) is 37.0. The van der Waals surface area contributed by atoms with Gasteiger partial charge in [-0.05, 0) is 181 Å². The highest BCUT2D eigenvalue weighted by atomic mass is 31.2. The number of anilines is 4. The van der Waals surface area contributed by atoms with Gasteiger partial charge in [-0.25, -0.2) is 28.7 Å². The van der Waals surface area contributed by atoms with E-state index in [1.54, 1.807) is 121 Å². The minimum absolute atomic E-state index is 0.0267. The van der Waals surface area contributed by atoms with E-state index in [-0.39, 0.29) is 182 Å². The van der Waals surface area contributed by atoms with Crippen LogP contribution in [0.25, 0.3) is 43.7 Å². The Morgan fingerprint density at radius 3 is 0.602 bits per heavy atom. The number of hydrogen-bond acceptors (Lipinski definition) is 14. The second kappa shape index (κ2) is 22.0. The smallest absolute Gasteiger partial charge is 0.266 e. The van der Waals surface area contributed by atoms with Crippen LogP contribution in [0.15, 0.2) is 238 Å². The molecule has 4 saturated carbocycles. The summed E-state index contributed by atoms with van der Waals surface area (Å²) in [7, 11) is -8.59. The molecule has 22 rings (SSSR count). The van der Waals surface area contributed by atoms with Crippen LogP contribution in [-0.2, 0) is 47.5 Å². The van der Waals surface area contributed by atoms with E-state index in [1.807, 2.05) is 48.6 Å². The molecule has 8 bridgehead atoms. The summed E-state index contributed by atoms with van der Waals surface area (Å²) in [5, 5.41) is 1.45. The number of carbonyl (C=O) groups is 8. The van der Waals surface area contributed by atoms with Crippen molar-refractivity contribution in [1.29, 1.82) is 0 Å². The van der Waals surface area contributed by atoms with Gasteiger partial charge in [0.1, 0.15) is 0 Å². The van der Waals surface area contributed by atoms with Crippen molar-refractivity contribution in [2.24, 2.45) is 94.7 Å². The molecule has 16 unspecified atom stereocenters. The van der Waals surface area contributed by atoms with Crippen LogP contribution in [-0.4, -0.2) is 56.4 Å². The molecule has 8 aliphatic carbocycles. The zero-order valence-electron chi connectivity index (χ0n) is 57.1. The Kier molecular flexibility index (Phi) is 12.9. The lowest BCUT2D eigenvalue weighted by Crippen LogP contribution is -2.35. The lowest BCUT2D eigenvalue weighted by Gasteiger charge is -2.25. The fourth-order valence-electron chi connectivity index (χ4n) is 21.7. The van der Waals surface area contributed by atoms with Gasteiger partial charge in [0.2, 0.25) is 47.3 Å². The first-order valence-corrected chi connectivity index (χ1v) is 40.2. The molecule has 8 amide bonds. The van der Waals surface area contributed by atoms with Gasteiger partial charge in [-0.3, -0.25) is 57.5 Å². The maximum absolute atomic E-state index is 17.0. The Bertz CT molecular complexity index is 5660. The zero-order valence-corrected chi connectivity index (χ0v) is 58.9. The van der Waals surface area contributed by atoms with Gasteiger partial charge in [-0.2, -0.15) is 0 Å². The van der Waals surface area contributed by atoms with Crippen molar-refractivity contribution in [3.8, 4) is 11.4 Å². The first kappa shape index (κ1) is 63.5. The van der Waals surface area contributed by atoms with E-state index in [1.165, 1.54) is 68.1 Å². The molecule has 0 N–H and O–H groups in total. The molecule has 0 spiro atoms. The Balaban J connectivity index is 0.632. The molecule has 4 saturated heterocycles. The summed E-state index contributed by atoms with van der Waals surface area (Å²) >= 11 is 0. The van der Waals surface area contributed by atoms with Crippen LogP contribution in [0, 0.1) is 94.7 Å². The number of imide groups is 4. The van der Waals surface area contributed by atoms with Crippen LogP contribution in [0.4, 0.5) is 22.7 Å². The average molecular weight is 1460 g/mol. The predicted molar refractivity (Wildman–Crippen MR) is 405 cm³/mol. The van der Waals surface area contributed by atoms with Gasteiger partial charge in [-0.15, -0.1) is 0 Å². The molecule has 528 valence electrons. The standard InChI is InChI=1S/C86H60N6O14P2/c93-75-63-31-49-33-65-66(78(96)88(77(65)95)52-8-2-14-58(36-52)108(106,61-17-5-11-55(39-61)91-83(101)71-45-23-24-46(29-45)72(71)84(91)102)62-18-6-12-56(40-62)92-85(103)73-47-25-26-48(30-47)74(73)86(92)104)34-50(49)32-64(63)76(94)87(75)51-7-1-13-57(35-51)107(105,59-15-3-9-53(37-59)89-79(97)67-41-19-20-42(27-41)68(67)80(89)98)60-16-4-10-54(38-60)90-81(99)69-43-21-22-44(28-43)70(69)82(90)100/h1-26,31-48,67-74H,27-30H2. The summed E-state index contributed by atoms with van der Waals surface area (Å²) in [6.45, 7) is 0. The number of amides is 8. The fraction of sp³-hybridized carbons (Fsp3) is 0.233. The first-order chi connectivity index (χ1) is 52.3. The van der Waals surface area contributed by atoms with Crippen molar-refractivity contribution < 1.29 is 47.5 Å². The summed E-state index contributed by atoms with van der Waals surface area (Å²) in [6, 6.07) is 43.7. The molecule has 4 aliphatic heterocycles. The van der Waals surface area contributed by atoms with E-state index in [0.717, 1.165) is 34.8 Å². The molecule has 108 heavy (non-hydrogen) atoms. The van der Waals surface area contributed by atoms with Gasteiger partial charge < -0.3 is 9.13 Å². The number of allylic oxidation sites excluding steroid dienone is 8. The molecule has 6 heterocycles. The van der Waals surface area contributed by atoms with Gasteiger partial charge >= 0.3 is 0 Å². The molecule has 22 heteroatoms. The lowest BCUT2D eigenvalue weighted by atomic mass is 9.85. The highest BCUT2D eigenvalue weighted by Crippen LogP contribution is 2.58. The third-order valence-electron chi connectivity index (χ3n) is 26.4. The molecule has 20 nitrogen and oxygen atoms in total. The Hall–Kier alpha value is -11.7. The van der Waals surface area contributed by atoms with Gasteiger partial charge in [0.25, 0.3) is 22.2 Å². The number of nitrogens with zero attached hydrogens (tertiary/aromatic N) is 6. The number of benzene rings is 8. The van der Waals surface area contributed by atoms with Crippen molar-refractivity contribution in [3.05, 3.63) is 260 Å². The van der Waals surface area contributed by atoms with Crippen LogP contribution in [0.2, 0.25) is 0 Å². The molecule has 12 aliphatic rings. The summed E-state index contributed by atoms with van der Waals surface area (Å²) in [5.41, 5.74) is -2.14. The quantitative estimate of drug-likeness (QED) is 0.0649. The number of fused-ring (bicyclic) bond motifs is 23. The predicted octanol–water partition coefficient (Wildman–Crippen LogP) is 7.57. The van der Waals surface area contributed by atoms with Gasteiger partial charge in [0.15, 0.2) is 14.3 Å². The summed E-state index contributed by atoms with van der Waals surface area (Å²) in [6.07, 6.45) is 18.9. The van der Waals surface area contributed by atoms with Crippen LogP contribution in [0.5, 0.6) is 0 Å². The molecule has 0 radical (unpaired) electrons. The maximum atomic E-state index is 17.0. The lowest BCUT2D eigenvalue weighted by molar-refractivity contribution is -0.124. The third-order valence-corrected chi connectivity index (χ3v) is 32.5. The maximum Gasteiger partial charge on any atom is 0.266 e. The number of rotatable bonds is 12. The molecule has 8 fully saturated rings. The van der Waals surface area contributed by atoms with Gasteiger partial charge in [0, 0.05) is 31.8 Å². The topological polar surface area (TPSA) is 262 Å². The SMILES string of the molecule is O=C1C2C3C=CC(C3)C2C(=O)N1c1cccc(P(=O)(c2cccc(N3C(=O)C4C5C=CC(C5)C4C3=O)c2)c2cccc(-n3c(=O)c4cc5cc6c(=O)n(-c7cccc(P(=O)(c8cccc(N9C(=O)C%10C%11C=CC(C%11)C%10C9=O)c8)c8cccc(N9C(=O)C%10C%11C=CC(C%11)C%10C9=O)c8)c7)c(=O)c6cc5cc4c3=O)c2)c1. The molecular formula is C86H60N6O14P2. The van der Waals surface area contributed by atoms with Gasteiger partial charge in [-0.1, -0.05) is 121 Å². The Morgan fingerprint density at radius 2 is 0.407 bits per heavy atom. The average Bonchev–Trinajstić information content (AvgIpc) is 1.59. The van der Waals surface area contributed by atoms with Crippen molar-refractivity contribution >= 4 is 148 Å². The van der Waals surface area contributed by atoms with Crippen molar-refractivity contribution in [1.82, 2.24) is 9.13 Å². The van der Waals surface area contributed by atoms with Crippen molar-refractivity contribution in [2.75, 3.05) is 19.6 Å². The molecular weight excluding hydrogens is 1400 g/mol. The minimum atomic E-state index is -4.29. The number of carbonyl (C=O) groups excluding carboxylic acids is 8. The van der Waals surface area contributed by atoms with E-state index in [4.69, 9.17) is 0 Å². The van der Waals surface area contributed by atoms with Gasteiger partial charge in [0.05, 0.1) is 103 Å². The highest BCUT2D eigenvalue weighted by Gasteiger charge is 2.64. The summed E-state index contributed by atoms with van der Waals surface area (Å²) < 4.78 is 35.9. The largest absolute Gasteiger partial charge is 0.309 e. The molecule has 16 atom stereocenters. The highest BCUT2D eigenvalue weighted by molar-refractivity contribution is 7.85. The second-order valence-electron chi connectivity index (χ2n) is 31.4. The normalized spacial score (nSPS) is 30.2. The van der Waals surface area contributed by atoms with E-state index in [0.29, 0.717) is 10.8 Å². The van der Waals surface area contributed by atoms with Crippen LogP contribution < -0.4 is 73.7 Å².